The van der Waals surface area contributed by atoms with Gasteiger partial charge in [0.25, 0.3) is 0 Å². The molecule has 0 spiro atoms. The van der Waals surface area contributed by atoms with Crippen molar-refractivity contribution in [3.63, 3.8) is 0 Å². The molecule has 0 fully saturated rings. The summed E-state index contributed by atoms with van der Waals surface area (Å²) in [7, 11) is 0. The Balaban J connectivity index is 2.82. The third kappa shape index (κ3) is 1.10. The van der Waals surface area contributed by atoms with Crippen molar-refractivity contribution in [2.45, 2.75) is 6.54 Å². The van der Waals surface area contributed by atoms with Crippen LogP contribution in [-0.4, -0.2) is 14.8 Å². The largest absolute Gasteiger partial charge is 0.246 e. The Hall–Kier alpha value is -0.650. The van der Waals surface area contributed by atoms with Crippen molar-refractivity contribution in [1.29, 1.82) is 0 Å². The molecule has 61 valence electrons. The van der Waals surface area contributed by atoms with Gasteiger partial charge in [-0.1, -0.05) is 0 Å². The van der Waals surface area contributed by atoms with Crippen LogP contribution in [0.4, 0.5) is 0 Å². The van der Waals surface area contributed by atoms with E-state index in [4.69, 9.17) is 0 Å². The van der Waals surface area contributed by atoms with Gasteiger partial charge in [-0.3, -0.25) is 0 Å². The Morgan fingerprint density at radius 3 is 3.17 bits per heavy atom. The van der Waals surface area contributed by atoms with Crippen LogP contribution in [0.3, 0.4) is 0 Å². The lowest BCUT2D eigenvalue weighted by atomic mass is 10.4. The number of aromatic nitrogens is 3. The van der Waals surface area contributed by atoms with Crippen molar-refractivity contribution in [2.24, 2.45) is 0 Å². The lowest BCUT2D eigenvalue weighted by Crippen LogP contribution is -1.97. The molecule has 12 heavy (non-hydrogen) atoms. The maximum Gasteiger partial charge on any atom is 0.158 e. The molecule has 1 radical (unpaired) electrons. The van der Waals surface area contributed by atoms with Gasteiger partial charge in [0.15, 0.2) is 5.65 Å². The van der Waals surface area contributed by atoms with E-state index < -0.39 is 0 Å². The van der Waals surface area contributed by atoms with Gasteiger partial charge in [0, 0.05) is 12.7 Å². The predicted molar refractivity (Wildman–Crippen MR) is 55.6 cm³/mol. The maximum absolute atomic E-state index is 4.29. The number of nitrogens with zero attached hydrogens (tertiary/aromatic N) is 3. The number of fused-ring (bicyclic) bond motifs is 1. The van der Waals surface area contributed by atoms with Gasteiger partial charge in [-0.15, -0.1) is 0 Å². The fraction of sp³-hybridized carbons (Fsp3) is 0.125. The van der Waals surface area contributed by atoms with Crippen LogP contribution < -0.4 is 0 Å². The molecule has 0 atom stereocenters. The van der Waals surface area contributed by atoms with E-state index >= 15 is 0 Å². The summed E-state index contributed by atoms with van der Waals surface area (Å²) in [5.74, 6) is 0. The summed E-state index contributed by atoms with van der Waals surface area (Å²) in [4.78, 5) is 4.23. The summed E-state index contributed by atoms with van der Waals surface area (Å²) >= 11 is 2.20. The fourth-order valence-corrected chi connectivity index (χ4v) is 1.81. The molecule has 0 saturated carbocycles. The Morgan fingerprint density at radius 1 is 1.58 bits per heavy atom. The monoisotopic (exact) mass is 272 g/mol. The second kappa shape index (κ2) is 3.01. The van der Waals surface area contributed by atoms with Crippen molar-refractivity contribution in [2.75, 3.05) is 0 Å². The molecule has 4 heteroatoms. The maximum atomic E-state index is 4.29. The van der Waals surface area contributed by atoms with E-state index in [2.05, 4.69) is 39.6 Å². The van der Waals surface area contributed by atoms with Crippen molar-refractivity contribution in [3.05, 3.63) is 29.0 Å². The van der Waals surface area contributed by atoms with Gasteiger partial charge >= 0.3 is 0 Å². The molecule has 0 aliphatic carbocycles. The molecule has 2 heterocycles. The highest BCUT2D eigenvalue weighted by Crippen LogP contribution is 2.16. The minimum Gasteiger partial charge on any atom is -0.246 e. The van der Waals surface area contributed by atoms with Crippen LogP contribution in [0.15, 0.2) is 18.3 Å². The molecule has 0 bridgehead atoms. The third-order valence-corrected chi connectivity index (χ3v) is 2.47. The number of pyridine rings is 1. The Morgan fingerprint density at radius 2 is 2.42 bits per heavy atom. The van der Waals surface area contributed by atoms with Crippen molar-refractivity contribution in [1.82, 2.24) is 14.8 Å². The first-order valence-electron chi connectivity index (χ1n) is 3.59. The molecule has 0 saturated heterocycles. The van der Waals surface area contributed by atoms with E-state index in [1.54, 1.807) is 10.9 Å². The van der Waals surface area contributed by atoms with Crippen LogP contribution in [0.1, 0.15) is 0 Å². The lowest BCUT2D eigenvalue weighted by Gasteiger charge is -1.94. The van der Waals surface area contributed by atoms with Crippen LogP contribution >= 0.6 is 22.6 Å². The Bertz CT molecular complexity index is 408. The smallest absolute Gasteiger partial charge is 0.158 e. The minimum atomic E-state index is 0.622. The third-order valence-electron chi connectivity index (χ3n) is 1.67. The van der Waals surface area contributed by atoms with E-state index in [0.29, 0.717) is 6.54 Å². The SMILES string of the molecule is [CH2]Cn1nc(I)c2cccnc21. The van der Waals surface area contributed by atoms with Gasteiger partial charge in [0.2, 0.25) is 0 Å². The van der Waals surface area contributed by atoms with Gasteiger partial charge < -0.3 is 0 Å². The fourth-order valence-electron chi connectivity index (χ4n) is 1.13. The molecule has 2 rings (SSSR count). The van der Waals surface area contributed by atoms with Crippen LogP contribution in [0.2, 0.25) is 0 Å². The molecule has 0 aliphatic rings. The van der Waals surface area contributed by atoms with E-state index in [1.165, 1.54) is 0 Å². The number of rotatable bonds is 1. The summed E-state index contributed by atoms with van der Waals surface area (Å²) in [5.41, 5.74) is 0.914. The average molecular weight is 272 g/mol. The van der Waals surface area contributed by atoms with Crippen LogP contribution in [0, 0.1) is 10.6 Å². The molecule has 0 N–H and O–H groups in total. The zero-order valence-corrected chi connectivity index (χ0v) is 8.52. The second-order valence-electron chi connectivity index (χ2n) is 2.39. The normalized spacial score (nSPS) is 10.8. The molecule has 3 nitrogen and oxygen atoms in total. The molecule has 2 aromatic heterocycles. The number of halogens is 1. The zero-order chi connectivity index (χ0) is 8.55. The molecule has 0 aromatic carbocycles. The standard InChI is InChI=1S/C8H7IN3/c1-2-12-8-6(7(9)11-12)4-3-5-10-8/h3-5H,1-2H2. The highest BCUT2D eigenvalue weighted by Gasteiger charge is 2.05. The average Bonchev–Trinajstić information content (AvgIpc) is 2.44. The highest BCUT2D eigenvalue weighted by atomic mass is 127. The van der Waals surface area contributed by atoms with Crippen LogP contribution in [0.5, 0.6) is 0 Å². The van der Waals surface area contributed by atoms with Crippen molar-refractivity contribution < 1.29 is 0 Å². The predicted octanol–water partition coefficient (Wildman–Crippen LogP) is 1.87. The summed E-state index contributed by atoms with van der Waals surface area (Å²) in [5, 5.41) is 5.39. The van der Waals surface area contributed by atoms with E-state index in [9.17, 15) is 0 Å². The van der Waals surface area contributed by atoms with Gasteiger partial charge in [-0.25, -0.2) is 9.67 Å². The van der Waals surface area contributed by atoms with E-state index in [0.717, 1.165) is 14.7 Å². The highest BCUT2D eigenvalue weighted by molar-refractivity contribution is 14.1. The van der Waals surface area contributed by atoms with Gasteiger partial charge in [-0.2, -0.15) is 5.10 Å². The summed E-state index contributed by atoms with van der Waals surface area (Å²) in [6, 6.07) is 3.93. The first kappa shape index (κ1) is 7.97. The quantitative estimate of drug-likeness (QED) is 0.742. The van der Waals surface area contributed by atoms with E-state index in [1.807, 2.05) is 12.1 Å². The second-order valence-corrected chi connectivity index (χ2v) is 3.41. The molecular weight excluding hydrogens is 265 g/mol. The van der Waals surface area contributed by atoms with Gasteiger partial charge in [0.05, 0.1) is 5.39 Å². The van der Waals surface area contributed by atoms with Crippen LogP contribution in [0.25, 0.3) is 11.0 Å². The Kier molecular flexibility index (Phi) is 2.00. The van der Waals surface area contributed by atoms with E-state index in [-0.39, 0.29) is 0 Å². The lowest BCUT2D eigenvalue weighted by molar-refractivity contribution is 0.711. The molecule has 0 aliphatic heterocycles. The number of hydrogen-bond donors (Lipinski definition) is 0. The first-order valence-corrected chi connectivity index (χ1v) is 4.67. The summed E-state index contributed by atoms with van der Waals surface area (Å²) in [6.07, 6.45) is 1.77. The van der Waals surface area contributed by atoms with Crippen molar-refractivity contribution >= 4 is 33.6 Å². The van der Waals surface area contributed by atoms with Crippen molar-refractivity contribution in [3.8, 4) is 0 Å². The topological polar surface area (TPSA) is 30.7 Å². The summed E-state index contributed by atoms with van der Waals surface area (Å²) < 4.78 is 2.79. The minimum absolute atomic E-state index is 0.622. The zero-order valence-electron chi connectivity index (χ0n) is 6.37. The molecule has 0 amide bonds. The molecule has 0 unspecified atom stereocenters. The first-order chi connectivity index (χ1) is 5.83. The summed E-state index contributed by atoms with van der Waals surface area (Å²) in [6.45, 7) is 4.40. The van der Waals surface area contributed by atoms with Crippen LogP contribution in [-0.2, 0) is 6.54 Å². The molecular formula is C8H7IN3. The Labute approximate surface area is 83.9 Å². The van der Waals surface area contributed by atoms with Gasteiger partial charge in [-0.05, 0) is 41.6 Å². The number of hydrogen-bond acceptors (Lipinski definition) is 2. The van der Waals surface area contributed by atoms with Gasteiger partial charge in [0.1, 0.15) is 3.70 Å². The molecule has 2 aromatic rings.